The molecular formula is C21H20N2O4S. The van der Waals surface area contributed by atoms with Gasteiger partial charge in [-0.25, -0.2) is 0 Å². The smallest absolute Gasteiger partial charge is 0.291 e. The van der Waals surface area contributed by atoms with Gasteiger partial charge in [-0.1, -0.05) is 12.1 Å². The third-order valence-corrected chi connectivity index (χ3v) is 5.67. The van der Waals surface area contributed by atoms with E-state index < -0.39 is 0 Å². The Labute approximate surface area is 166 Å². The first-order chi connectivity index (χ1) is 13.6. The molecule has 0 saturated heterocycles. The Morgan fingerprint density at radius 2 is 1.89 bits per heavy atom. The molecule has 1 unspecified atom stereocenters. The zero-order valence-corrected chi connectivity index (χ0v) is 16.1. The number of anilines is 1. The quantitative estimate of drug-likeness (QED) is 0.617. The molecule has 0 bridgehead atoms. The first-order valence-corrected chi connectivity index (χ1v) is 9.85. The molecule has 0 spiro atoms. The second-order valence-corrected chi connectivity index (χ2v) is 7.74. The number of carbonyl (C=O) groups is 2. The Hall–Kier alpha value is -3.06. The molecular weight excluding hydrogens is 376 g/mol. The van der Waals surface area contributed by atoms with E-state index in [2.05, 4.69) is 10.6 Å². The van der Waals surface area contributed by atoms with E-state index in [1.165, 1.54) is 17.6 Å². The maximum absolute atomic E-state index is 12.8. The van der Waals surface area contributed by atoms with Gasteiger partial charge in [0.05, 0.1) is 29.3 Å². The number of methoxy groups -OCH3 is 1. The highest BCUT2D eigenvalue weighted by Crippen LogP contribution is 2.41. The molecule has 4 rings (SSSR count). The van der Waals surface area contributed by atoms with E-state index in [0.29, 0.717) is 15.8 Å². The molecule has 1 atom stereocenters. The summed E-state index contributed by atoms with van der Waals surface area (Å²) in [5, 5.41) is 6.48. The number of ether oxygens (including phenoxy) is 1. The summed E-state index contributed by atoms with van der Waals surface area (Å²) in [6.45, 7) is 0. The summed E-state index contributed by atoms with van der Waals surface area (Å²) in [6, 6.07) is 14.5. The Bertz CT molecular complexity index is 959. The lowest BCUT2D eigenvalue weighted by molar-refractivity contribution is 0.0934. The van der Waals surface area contributed by atoms with E-state index in [0.717, 1.165) is 24.2 Å². The normalized spacial score (nSPS) is 14.3. The lowest BCUT2D eigenvalue weighted by Crippen LogP contribution is -2.29. The minimum absolute atomic E-state index is 0.0262. The maximum Gasteiger partial charge on any atom is 0.291 e. The molecule has 6 nitrogen and oxygen atoms in total. The summed E-state index contributed by atoms with van der Waals surface area (Å²) in [7, 11) is 1.63. The van der Waals surface area contributed by atoms with Gasteiger partial charge in [0, 0.05) is 0 Å². The standard InChI is InChI=1S/C21H20N2O4S/c1-26-15-8-6-14(7-9-15)19(13-4-5-13)23-21(25)17-10-11-18(28-17)22-20(24)16-3-2-12-27-16/h2-3,6-13,19H,4-5H2,1H3,(H,22,24)(H,23,25). The zero-order valence-electron chi connectivity index (χ0n) is 15.3. The van der Waals surface area contributed by atoms with Gasteiger partial charge in [0.25, 0.3) is 11.8 Å². The van der Waals surface area contributed by atoms with Crippen LogP contribution < -0.4 is 15.4 Å². The van der Waals surface area contributed by atoms with Crippen LogP contribution in [0.4, 0.5) is 5.00 Å². The second kappa shape index (κ2) is 7.90. The van der Waals surface area contributed by atoms with Crippen molar-refractivity contribution in [3.63, 3.8) is 0 Å². The molecule has 1 aliphatic carbocycles. The summed E-state index contributed by atoms with van der Waals surface area (Å²) in [4.78, 5) is 25.4. The Kier molecular flexibility index (Phi) is 5.16. The average molecular weight is 396 g/mol. The first-order valence-electron chi connectivity index (χ1n) is 9.03. The van der Waals surface area contributed by atoms with Crippen molar-refractivity contribution in [2.24, 2.45) is 5.92 Å². The monoisotopic (exact) mass is 396 g/mol. The highest BCUT2D eigenvalue weighted by Gasteiger charge is 2.33. The van der Waals surface area contributed by atoms with Gasteiger partial charge in [-0.2, -0.15) is 0 Å². The summed E-state index contributed by atoms with van der Waals surface area (Å²) in [5.74, 6) is 0.993. The molecule has 28 heavy (non-hydrogen) atoms. The minimum atomic E-state index is -0.340. The molecule has 0 radical (unpaired) electrons. The zero-order chi connectivity index (χ0) is 19.5. The van der Waals surface area contributed by atoms with Crippen molar-refractivity contribution in [3.8, 4) is 5.75 Å². The number of carbonyl (C=O) groups excluding carboxylic acids is 2. The summed E-state index contributed by atoms with van der Waals surface area (Å²) >= 11 is 1.24. The van der Waals surface area contributed by atoms with Crippen molar-refractivity contribution < 1.29 is 18.7 Å². The van der Waals surface area contributed by atoms with Crippen molar-refractivity contribution in [2.75, 3.05) is 12.4 Å². The van der Waals surface area contributed by atoms with Crippen molar-refractivity contribution in [3.05, 3.63) is 71.0 Å². The van der Waals surface area contributed by atoms with E-state index in [-0.39, 0.29) is 23.6 Å². The van der Waals surface area contributed by atoms with Gasteiger partial charge in [-0.3, -0.25) is 9.59 Å². The third kappa shape index (κ3) is 4.09. The van der Waals surface area contributed by atoms with Crippen LogP contribution in [0.15, 0.2) is 59.2 Å². The van der Waals surface area contributed by atoms with Crippen LogP contribution >= 0.6 is 11.3 Å². The molecule has 1 saturated carbocycles. The summed E-state index contributed by atoms with van der Waals surface area (Å²) < 4.78 is 10.3. The van der Waals surface area contributed by atoms with Crippen LogP contribution in [-0.4, -0.2) is 18.9 Å². The predicted octanol–water partition coefficient (Wildman–Crippen LogP) is 4.48. The SMILES string of the molecule is COc1ccc(C(NC(=O)c2ccc(NC(=O)c3ccco3)s2)C2CC2)cc1. The van der Waals surface area contributed by atoms with E-state index in [1.54, 1.807) is 31.4 Å². The van der Waals surface area contributed by atoms with Crippen molar-refractivity contribution in [2.45, 2.75) is 18.9 Å². The molecule has 2 amide bonds. The largest absolute Gasteiger partial charge is 0.497 e. The number of amides is 2. The first kappa shape index (κ1) is 18.3. The highest BCUT2D eigenvalue weighted by atomic mass is 32.1. The lowest BCUT2D eigenvalue weighted by atomic mass is 10.0. The van der Waals surface area contributed by atoms with Gasteiger partial charge in [0.2, 0.25) is 0 Å². The van der Waals surface area contributed by atoms with Crippen molar-refractivity contribution in [1.29, 1.82) is 0 Å². The molecule has 1 aliphatic rings. The molecule has 2 N–H and O–H groups in total. The molecule has 2 heterocycles. The number of furan rings is 1. The number of hydrogen-bond acceptors (Lipinski definition) is 5. The Balaban J connectivity index is 1.43. The molecule has 2 aromatic heterocycles. The molecule has 0 aliphatic heterocycles. The van der Waals surface area contributed by atoms with Gasteiger partial charge >= 0.3 is 0 Å². The van der Waals surface area contributed by atoms with Gasteiger partial charge < -0.3 is 19.8 Å². The highest BCUT2D eigenvalue weighted by molar-refractivity contribution is 7.18. The summed E-state index contributed by atoms with van der Waals surface area (Å²) in [6.07, 6.45) is 3.65. The topological polar surface area (TPSA) is 80.6 Å². The number of thiophene rings is 1. The predicted molar refractivity (Wildman–Crippen MR) is 107 cm³/mol. The van der Waals surface area contributed by atoms with Gasteiger partial charge in [0.15, 0.2) is 5.76 Å². The van der Waals surface area contributed by atoms with Crippen LogP contribution in [0.1, 0.15) is 44.7 Å². The Morgan fingerprint density at radius 3 is 2.54 bits per heavy atom. The average Bonchev–Trinajstić information content (AvgIpc) is 3.19. The van der Waals surface area contributed by atoms with Crippen LogP contribution in [0.3, 0.4) is 0 Å². The van der Waals surface area contributed by atoms with Crippen LogP contribution in [0.5, 0.6) is 5.75 Å². The van der Waals surface area contributed by atoms with Crippen LogP contribution in [0, 0.1) is 5.92 Å². The third-order valence-electron chi connectivity index (χ3n) is 4.67. The fraction of sp³-hybridized carbons (Fsp3) is 0.238. The van der Waals surface area contributed by atoms with Gasteiger partial charge in [-0.05, 0) is 60.7 Å². The molecule has 1 aromatic carbocycles. The minimum Gasteiger partial charge on any atom is -0.497 e. The molecule has 144 valence electrons. The number of hydrogen-bond donors (Lipinski definition) is 2. The molecule has 1 fully saturated rings. The molecule has 3 aromatic rings. The summed E-state index contributed by atoms with van der Waals surface area (Å²) in [5.41, 5.74) is 1.07. The second-order valence-electron chi connectivity index (χ2n) is 6.66. The van der Waals surface area contributed by atoms with Crippen LogP contribution in [-0.2, 0) is 0 Å². The fourth-order valence-corrected chi connectivity index (χ4v) is 3.84. The Morgan fingerprint density at radius 1 is 1.11 bits per heavy atom. The van der Waals surface area contributed by atoms with Crippen LogP contribution in [0.2, 0.25) is 0 Å². The fourth-order valence-electron chi connectivity index (χ4n) is 3.03. The van der Waals surface area contributed by atoms with E-state index in [1.807, 2.05) is 24.3 Å². The van der Waals surface area contributed by atoms with Crippen LogP contribution in [0.25, 0.3) is 0 Å². The lowest BCUT2D eigenvalue weighted by Gasteiger charge is -2.18. The number of benzene rings is 1. The molecule has 7 heteroatoms. The van der Waals surface area contributed by atoms with E-state index in [9.17, 15) is 9.59 Å². The number of rotatable bonds is 7. The van der Waals surface area contributed by atoms with Gasteiger partial charge in [0.1, 0.15) is 5.75 Å². The van der Waals surface area contributed by atoms with E-state index in [4.69, 9.17) is 9.15 Å². The van der Waals surface area contributed by atoms with E-state index >= 15 is 0 Å². The van der Waals surface area contributed by atoms with Crippen molar-refractivity contribution in [1.82, 2.24) is 5.32 Å². The van der Waals surface area contributed by atoms with Gasteiger partial charge in [-0.15, -0.1) is 11.3 Å². The maximum atomic E-state index is 12.8. The van der Waals surface area contributed by atoms with Crippen molar-refractivity contribution >= 4 is 28.2 Å². The number of nitrogens with one attached hydrogen (secondary N) is 2.